The molecular weight excluding hydrogens is 204 g/mol. The summed E-state index contributed by atoms with van der Waals surface area (Å²) in [5.41, 5.74) is 3.69. The molecule has 0 saturated carbocycles. The maximum absolute atomic E-state index is 11.8. The monoisotopic (exact) mass is 222 g/mol. The van der Waals surface area contributed by atoms with Crippen LogP contribution in [0.25, 0.3) is 0 Å². The molecule has 0 saturated heterocycles. The van der Waals surface area contributed by atoms with Crippen molar-refractivity contribution in [3.8, 4) is 0 Å². The molecule has 1 aromatic carbocycles. The van der Waals surface area contributed by atoms with Gasteiger partial charge in [0, 0.05) is 5.92 Å². The Hall–Kier alpha value is -0.760. The number of ketones is 1. The van der Waals surface area contributed by atoms with Gasteiger partial charge in [0.05, 0.1) is 5.75 Å². The van der Waals surface area contributed by atoms with Crippen molar-refractivity contribution in [1.29, 1.82) is 0 Å². The van der Waals surface area contributed by atoms with Crippen molar-refractivity contribution in [2.45, 2.75) is 26.7 Å². The summed E-state index contributed by atoms with van der Waals surface area (Å²) in [6, 6.07) is 6.18. The van der Waals surface area contributed by atoms with Gasteiger partial charge in [-0.15, -0.1) is 0 Å². The van der Waals surface area contributed by atoms with Crippen LogP contribution in [0.5, 0.6) is 0 Å². The summed E-state index contributed by atoms with van der Waals surface area (Å²) < 4.78 is 0. The third-order valence-corrected chi connectivity index (χ3v) is 3.46. The fourth-order valence-electron chi connectivity index (χ4n) is 1.68. The van der Waals surface area contributed by atoms with E-state index in [0.717, 1.165) is 0 Å². The van der Waals surface area contributed by atoms with Crippen LogP contribution in [-0.4, -0.2) is 17.8 Å². The van der Waals surface area contributed by atoms with Crippen LogP contribution in [0.2, 0.25) is 0 Å². The molecule has 0 aromatic heterocycles. The minimum Gasteiger partial charge on any atom is -0.298 e. The SMILES string of the molecule is CSCC(=O)[C@@H](C)c1cccc(C)c1C. The average Bonchev–Trinajstić information content (AvgIpc) is 2.21. The lowest BCUT2D eigenvalue weighted by Crippen LogP contribution is -2.13. The summed E-state index contributed by atoms with van der Waals surface area (Å²) in [6.07, 6.45) is 1.97. The van der Waals surface area contributed by atoms with E-state index in [1.54, 1.807) is 11.8 Å². The van der Waals surface area contributed by atoms with Crippen LogP contribution < -0.4 is 0 Å². The Kier molecular flexibility index (Phi) is 4.40. The van der Waals surface area contributed by atoms with Gasteiger partial charge in [-0.3, -0.25) is 4.79 Å². The fraction of sp³-hybridized carbons (Fsp3) is 0.462. The quantitative estimate of drug-likeness (QED) is 0.777. The third kappa shape index (κ3) is 2.85. The third-order valence-electron chi connectivity index (χ3n) is 2.88. The van der Waals surface area contributed by atoms with E-state index in [1.807, 2.05) is 19.2 Å². The molecule has 15 heavy (non-hydrogen) atoms. The molecule has 0 unspecified atom stereocenters. The molecule has 0 amide bonds. The lowest BCUT2D eigenvalue weighted by Gasteiger charge is -2.14. The van der Waals surface area contributed by atoms with Gasteiger partial charge in [-0.2, -0.15) is 11.8 Å². The predicted octanol–water partition coefficient (Wildman–Crippen LogP) is 3.34. The second-order valence-electron chi connectivity index (χ2n) is 3.91. The first-order valence-electron chi connectivity index (χ1n) is 5.15. The zero-order valence-corrected chi connectivity index (χ0v) is 10.6. The molecule has 1 atom stereocenters. The van der Waals surface area contributed by atoms with Crippen LogP contribution in [0.4, 0.5) is 0 Å². The Balaban J connectivity index is 2.96. The van der Waals surface area contributed by atoms with Gasteiger partial charge < -0.3 is 0 Å². The molecular formula is C13H18OS. The summed E-state index contributed by atoms with van der Waals surface area (Å²) in [7, 11) is 0. The summed E-state index contributed by atoms with van der Waals surface area (Å²) in [5.74, 6) is 0.947. The highest BCUT2D eigenvalue weighted by molar-refractivity contribution is 7.99. The van der Waals surface area contributed by atoms with Crippen molar-refractivity contribution in [3.63, 3.8) is 0 Å². The normalized spacial score (nSPS) is 12.5. The van der Waals surface area contributed by atoms with E-state index in [1.165, 1.54) is 16.7 Å². The number of carbonyl (C=O) groups excluding carboxylic acids is 1. The van der Waals surface area contributed by atoms with Crippen LogP contribution in [0.3, 0.4) is 0 Å². The lowest BCUT2D eigenvalue weighted by molar-refractivity contribution is -0.117. The molecule has 0 aliphatic carbocycles. The van der Waals surface area contributed by atoms with Crippen molar-refractivity contribution >= 4 is 17.5 Å². The van der Waals surface area contributed by atoms with E-state index < -0.39 is 0 Å². The Morgan fingerprint density at radius 2 is 2.07 bits per heavy atom. The molecule has 0 radical (unpaired) electrons. The summed E-state index contributed by atoms with van der Waals surface area (Å²) in [5, 5.41) is 0. The number of benzene rings is 1. The molecule has 0 N–H and O–H groups in total. The molecule has 0 heterocycles. The van der Waals surface area contributed by atoms with Crippen LogP contribution >= 0.6 is 11.8 Å². The van der Waals surface area contributed by atoms with Gasteiger partial charge in [-0.25, -0.2) is 0 Å². The van der Waals surface area contributed by atoms with Crippen LogP contribution in [0.1, 0.15) is 29.5 Å². The van der Waals surface area contributed by atoms with E-state index in [4.69, 9.17) is 0 Å². The molecule has 0 spiro atoms. The number of aryl methyl sites for hydroxylation is 1. The average molecular weight is 222 g/mol. The molecule has 1 nitrogen and oxygen atoms in total. The van der Waals surface area contributed by atoms with Crippen molar-refractivity contribution in [3.05, 3.63) is 34.9 Å². The minimum absolute atomic E-state index is 0.0253. The summed E-state index contributed by atoms with van der Waals surface area (Å²) in [6.45, 7) is 6.18. The predicted molar refractivity (Wildman–Crippen MR) is 67.7 cm³/mol. The van der Waals surface area contributed by atoms with Crippen LogP contribution in [0.15, 0.2) is 18.2 Å². The Bertz CT molecular complexity index is 358. The topological polar surface area (TPSA) is 17.1 Å². The maximum atomic E-state index is 11.8. The van der Waals surface area contributed by atoms with Gasteiger partial charge in [-0.1, -0.05) is 25.1 Å². The number of hydrogen-bond donors (Lipinski definition) is 0. The first kappa shape index (κ1) is 12.3. The van der Waals surface area contributed by atoms with Gasteiger partial charge in [0.1, 0.15) is 5.78 Å². The number of Topliss-reactive ketones (excluding diaryl/α,β-unsaturated/α-hetero) is 1. The molecule has 1 rings (SSSR count). The summed E-state index contributed by atoms with van der Waals surface area (Å²) in [4.78, 5) is 11.8. The van der Waals surface area contributed by atoms with E-state index in [2.05, 4.69) is 26.0 Å². The standard InChI is InChI=1S/C13H18OS/c1-9-6-5-7-12(10(9)2)11(3)13(14)8-15-4/h5-7,11H,8H2,1-4H3/t11-/m0/s1. The highest BCUT2D eigenvalue weighted by Crippen LogP contribution is 2.23. The molecule has 2 heteroatoms. The van der Waals surface area contributed by atoms with Crippen molar-refractivity contribution < 1.29 is 4.79 Å². The van der Waals surface area contributed by atoms with Crippen molar-refractivity contribution in [2.24, 2.45) is 0 Å². The maximum Gasteiger partial charge on any atom is 0.149 e. The van der Waals surface area contributed by atoms with E-state index in [9.17, 15) is 4.79 Å². The molecule has 0 aliphatic rings. The van der Waals surface area contributed by atoms with Gasteiger partial charge in [0.25, 0.3) is 0 Å². The molecule has 0 aliphatic heterocycles. The Morgan fingerprint density at radius 3 is 2.67 bits per heavy atom. The highest BCUT2D eigenvalue weighted by atomic mass is 32.2. The van der Waals surface area contributed by atoms with Crippen LogP contribution in [-0.2, 0) is 4.79 Å². The fourth-order valence-corrected chi connectivity index (χ4v) is 2.22. The number of hydrogen-bond acceptors (Lipinski definition) is 2. The van der Waals surface area contributed by atoms with Gasteiger partial charge in [0.15, 0.2) is 0 Å². The van der Waals surface area contributed by atoms with Gasteiger partial charge in [-0.05, 0) is 36.8 Å². The Labute approximate surface area is 96.3 Å². The highest BCUT2D eigenvalue weighted by Gasteiger charge is 2.16. The smallest absolute Gasteiger partial charge is 0.149 e. The zero-order chi connectivity index (χ0) is 11.4. The second-order valence-corrected chi connectivity index (χ2v) is 4.78. The molecule has 0 bridgehead atoms. The molecule has 82 valence electrons. The molecule has 1 aromatic rings. The largest absolute Gasteiger partial charge is 0.298 e. The summed E-state index contributed by atoms with van der Waals surface area (Å²) >= 11 is 1.59. The number of rotatable bonds is 4. The van der Waals surface area contributed by atoms with Gasteiger partial charge in [0.2, 0.25) is 0 Å². The number of carbonyl (C=O) groups is 1. The van der Waals surface area contributed by atoms with Crippen LogP contribution in [0, 0.1) is 13.8 Å². The Morgan fingerprint density at radius 1 is 1.40 bits per heavy atom. The lowest BCUT2D eigenvalue weighted by atomic mass is 9.91. The van der Waals surface area contributed by atoms with Crippen molar-refractivity contribution in [1.82, 2.24) is 0 Å². The zero-order valence-electron chi connectivity index (χ0n) is 9.83. The molecule has 0 fully saturated rings. The number of thioether (sulfide) groups is 1. The van der Waals surface area contributed by atoms with Gasteiger partial charge >= 0.3 is 0 Å². The first-order chi connectivity index (χ1) is 7.07. The van der Waals surface area contributed by atoms with E-state index in [-0.39, 0.29) is 5.92 Å². The second kappa shape index (κ2) is 5.36. The van der Waals surface area contributed by atoms with Crippen molar-refractivity contribution in [2.75, 3.05) is 12.0 Å². The minimum atomic E-state index is 0.0253. The van der Waals surface area contributed by atoms with E-state index >= 15 is 0 Å². The van der Waals surface area contributed by atoms with E-state index in [0.29, 0.717) is 11.5 Å². The first-order valence-corrected chi connectivity index (χ1v) is 6.55.